The highest BCUT2D eigenvalue weighted by molar-refractivity contribution is 6.42. The summed E-state index contributed by atoms with van der Waals surface area (Å²) in [5, 5.41) is 15.8. The zero-order chi connectivity index (χ0) is 23.8. The van der Waals surface area contributed by atoms with Crippen LogP contribution in [0.1, 0.15) is 5.56 Å². The first-order valence-electron chi connectivity index (χ1n) is 9.50. The van der Waals surface area contributed by atoms with E-state index in [9.17, 15) is 14.9 Å². The minimum absolute atomic E-state index is 0.101. The van der Waals surface area contributed by atoms with Gasteiger partial charge < -0.3 is 15.4 Å². The number of anilines is 2. The van der Waals surface area contributed by atoms with Gasteiger partial charge >= 0.3 is 0 Å². The number of nitrogens with one attached hydrogen (secondary N) is 2. The topological polar surface area (TPSA) is 91.2 Å². The Balaban J connectivity index is 1.58. The number of amides is 2. The van der Waals surface area contributed by atoms with E-state index in [0.29, 0.717) is 32.7 Å². The molecule has 9 heteroatoms. The van der Waals surface area contributed by atoms with Crippen LogP contribution in [0.15, 0.2) is 72.3 Å². The molecule has 33 heavy (non-hydrogen) atoms. The zero-order valence-corrected chi connectivity index (χ0v) is 19.2. The van der Waals surface area contributed by atoms with E-state index < -0.39 is 5.91 Å². The molecule has 0 radical (unpaired) electrons. The lowest BCUT2D eigenvalue weighted by Crippen LogP contribution is -2.20. The van der Waals surface area contributed by atoms with Crippen molar-refractivity contribution in [3.63, 3.8) is 0 Å². The Morgan fingerprint density at radius 3 is 2.30 bits per heavy atom. The fourth-order valence-corrected chi connectivity index (χ4v) is 3.15. The number of ether oxygens (including phenoxy) is 1. The molecule has 3 aromatic rings. The molecule has 0 saturated heterocycles. The third kappa shape index (κ3) is 7.26. The Morgan fingerprint density at radius 1 is 0.909 bits per heavy atom. The van der Waals surface area contributed by atoms with Gasteiger partial charge in [-0.15, -0.1) is 0 Å². The summed E-state index contributed by atoms with van der Waals surface area (Å²) in [6.45, 7) is -0.197. The third-order valence-corrected chi connectivity index (χ3v) is 5.19. The fraction of sp³-hybridized carbons (Fsp3) is 0.0417. The molecule has 166 valence electrons. The summed E-state index contributed by atoms with van der Waals surface area (Å²) in [5.74, 6) is -0.479. The van der Waals surface area contributed by atoms with Crippen molar-refractivity contribution in [1.29, 1.82) is 5.26 Å². The first kappa shape index (κ1) is 24.1. The van der Waals surface area contributed by atoms with Crippen molar-refractivity contribution >= 4 is 64.1 Å². The van der Waals surface area contributed by atoms with Gasteiger partial charge in [0.2, 0.25) is 0 Å². The van der Waals surface area contributed by atoms with Crippen molar-refractivity contribution in [3.05, 3.63) is 92.9 Å². The van der Waals surface area contributed by atoms with E-state index in [0.717, 1.165) is 0 Å². The number of hydrogen-bond acceptors (Lipinski definition) is 4. The van der Waals surface area contributed by atoms with Crippen LogP contribution in [-0.2, 0) is 9.59 Å². The molecule has 0 unspecified atom stereocenters. The van der Waals surface area contributed by atoms with Gasteiger partial charge in [-0.25, -0.2) is 0 Å². The molecule has 3 rings (SSSR count). The van der Waals surface area contributed by atoms with E-state index in [1.54, 1.807) is 60.7 Å². The second-order valence-corrected chi connectivity index (χ2v) is 7.92. The average Bonchev–Trinajstić information content (AvgIpc) is 2.79. The van der Waals surface area contributed by atoms with Crippen molar-refractivity contribution in [2.24, 2.45) is 0 Å². The van der Waals surface area contributed by atoms with E-state index in [2.05, 4.69) is 10.6 Å². The predicted octanol–water partition coefficient (Wildman–Crippen LogP) is 6.21. The molecular formula is C24H16Cl3N3O3. The minimum Gasteiger partial charge on any atom is -0.484 e. The maximum absolute atomic E-state index is 12.4. The maximum Gasteiger partial charge on any atom is 0.266 e. The fourth-order valence-electron chi connectivity index (χ4n) is 2.66. The largest absolute Gasteiger partial charge is 0.484 e. The van der Waals surface area contributed by atoms with Gasteiger partial charge in [-0.05, 0) is 60.2 Å². The van der Waals surface area contributed by atoms with Crippen molar-refractivity contribution in [2.75, 3.05) is 17.2 Å². The molecule has 0 bridgehead atoms. The molecule has 0 heterocycles. The minimum atomic E-state index is -0.589. The lowest BCUT2D eigenvalue weighted by atomic mass is 10.1. The van der Waals surface area contributed by atoms with E-state index in [1.807, 2.05) is 6.07 Å². The second-order valence-electron chi connectivity index (χ2n) is 6.67. The zero-order valence-electron chi connectivity index (χ0n) is 16.9. The Morgan fingerprint density at radius 2 is 1.64 bits per heavy atom. The van der Waals surface area contributed by atoms with Gasteiger partial charge in [0.1, 0.15) is 17.4 Å². The normalized spacial score (nSPS) is 10.8. The first-order chi connectivity index (χ1) is 15.8. The van der Waals surface area contributed by atoms with E-state index >= 15 is 0 Å². The number of hydrogen-bond donors (Lipinski definition) is 2. The van der Waals surface area contributed by atoms with Crippen LogP contribution in [0.3, 0.4) is 0 Å². The molecule has 0 fully saturated rings. The summed E-state index contributed by atoms with van der Waals surface area (Å²) in [5.41, 5.74) is 1.48. The van der Waals surface area contributed by atoms with Crippen LogP contribution < -0.4 is 15.4 Å². The number of nitrogens with zero attached hydrogens (tertiary/aromatic N) is 1. The van der Waals surface area contributed by atoms with Gasteiger partial charge in [0.05, 0.1) is 10.0 Å². The Kier molecular flexibility index (Phi) is 8.34. The highest BCUT2D eigenvalue weighted by atomic mass is 35.5. The summed E-state index contributed by atoms with van der Waals surface area (Å²) < 4.78 is 5.47. The van der Waals surface area contributed by atoms with Gasteiger partial charge in [-0.1, -0.05) is 53.0 Å². The number of carbonyl (C=O) groups excluding carboxylic acids is 2. The maximum atomic E-state index is 12.4. The van der Waals surface area contributed by atoms with E-state index in [4.69, 9.17) is 39.5 Å². The lowest BCUT2D eigenvalue weighted by Gasteiger charge is -2.08. The molecular weight excluding hydrogens is 485 g/mol. The van der Waals surface area contributed by atoms with Gasteiger partial charge in [0.15, 0.2) is 6.61 Å². The van der Waals surface area contributed by atoms with E-state index in [-0.39, 0.29) is 23.1 Å². The number of nitriles is 1. The number of benzene rings is 3. The Labute approximate surface area is 205 Å². The average molecular weight is 501 g/mol. The molecule has 0 aliphatic heterocycles. The molecule has 2 amide bonds. The van der Waals surface area contributed by atoms with Crippen LogP contribution in [-0.4, -0.2) is 18.4 Å². The van der Waals surface area contributed by atoms with Crippen LogP contribution in [0.25, 0.3) is 6.08 Å². The second kappa shape index (κ2) is 11.4. The molecule has 2 N–H and O–H groups in total. The molecule has 0 atom stereocenters. The molecule has 0 aliphatic rings. The van der Waals surface area contributed by atoms with Gasteiger partial charge in [0.25, 0.3) is 11.8 Å². The summed E-state index contributed by atoms with van der Waals surface area (Å²) in [6, 6.07) is 19.9. The molecule has 3 aromatic carbocycles. The van der Waals surface area contributed by atoms with Crippen molar-refractivity contribution < 1.29 is 14.3 Å². The van der Waals surface area contributed by atoms with E-state index in [1.165, 1.54) is 12.1 Å². The smallest absolute Gasteiger partial charge is 0.266 e. The third-order valence-electron chi connectivity index (χ3n) is 4.21. The monoisotopic (exact) mass is 499 g/mol. The summed E-state index contributed by atoms with van der Waals surface area (Å²) in [7, 11) is 0. The van der Waals surface area contributed by atoms with Crippen LogP contribution in [0.4, 0.5) is 11.4 Å². The molecule has 6 nitrogen and oxygen atoms in total. The highest BCUT2D eigenvalue weighted by Crippen LogP contribution is 2.25. The van der Waals surface area contributed by atoms with Crippen LogP contribution >= 0.6 is 34.8 Å². The van der Waals surface area contributed by atoms with Crippen LogP contribution in [0.5, 0.6) is 5.75 Å². The van der Waals surface area contributed by atoms with Gasteiger partial charge in [0, 0.05) is 16.4 Å². The van der Waals surface area contributed by atoms with Crippen molar-refractivity contribution in [2.45, 2.75) is 0 Å². The number of carbonyl (C=O) groups is 2. The van der Waals surface area contributed by atoms with Crippen LogP contribution in [0, 0.1) is 11.3 Å². The summed E-state index contributed by atoms with van der Waals surface area (Å²) in [4.78, 5) is 24.4. The molecule has 0 aliphatic carbocycles. The number of halogens is 3. The van der Waals surface area contributed by atoms with Crippen molar-refractivity contribution in [3.8, 4) is 11.8 Å². The van der Waals surface area contributed by atoms with Gasteiger partial charge in [-0.3, -0.25) is 9.59 Å². The molecule has 0 aromatic heterocycles. The van der Waals surface area contributed by atoms with Crippen LogP contribution in [0.2, 0.25) is 15.1 Å². The van der Waals surface area contributed by atoms with Crippen molar-refractivity contribution in [1.82, 2.24) is 0 Å². The Hall–Kier alpha value is -3.50. The highest BCUT2D eigenvalue weighted by Gasteiger charge is 2.11. The van der Waals surface area contributed by atoms with Gasteiger partial charge in [-0.2, -0.15) is 5.26 Å². The SMILES string of the molecule is N#C/C(=C/c1ccc(OCC(=O)Nc2cccc(Cl)c2)cc1)C(=O)Nc1ccc(Cl)c(Cl)c1. The lowest BCUT2D eigenvalue weighted by molar-refractivity contribution is -0.118. The standard InChI is InChI=1S/C24H16Cl3N3O3/c25-17-2-1-3-18(11-17)29-23(31)14-33-20-7-4-15(5-8-20)10-16(13-28)24(32)30-19-6-9-21(26)22(27)12-19/h1-12H,14H2,(H,29,31)(H,30,32)/b16-10-. The summed E-state index contributed by atoms with van der Waals surface area (Å²) >= 11 is 17.7. The molecule has 0 saturated carbocycles. The Bertz CT molecular complexity index is 1250. The molecule has 0 spiro atoms. The first-order valence-corrected chi connectivity index (χ1v) is 10.6. The predicted molar refractivity (Wildman–Crippen MR) is 131 cm³/mol. The summed E-state index contributed by atoms with van der Waals surface area (Å²) in [6.07, 6.45) is 1.43. The quantitative estimate of drug-likeness (QED) is 0.298. The number of rotatable bonds is 7.